The average Bonchev–Trinajstić information content (AvgIpc) is 3.08. The lowest BCUT2D eigenvalue weighted by atomic mass is 10.1. The van der Waals surface area contributed by atoms with Crippen molar-refractivity contribution < 1.29 is 14.4 Å². The van der Waals surface area contributed by atoms with Crippen molar-refractivity contribution >= 4 is 45.8 Å². The first-order chi connectivity index (χ1) is 15.4. The zero-order valence-corrected chi connectivity index (χ0v) is 18.7. The summed E-state index contributed by atoms with van der Waals surface area (Å²) in [6.45, 7) is 1.95. The van der Waals surface area contributed by atoms with Gasteiger partial charge < -0.3 is 10.2 Å². The number of nitrogens with one attached hydrogen (secondary N) is 1. The molecule has 3 aromatic carbocycles. The fourth-order valence-electron chi connectivity index (χ4n) is 4.23. The molecular weight excluding hydrogens is 426 g/mol. The molecule has 0 saturated heterocycles. The van der Waals surface area contributed by atoms with Crippen LogP contribution in [0.15, 0.2) is 60.7 Å². The summed E-state index contributed by atoms with van der Waals surface area (Å²) in [7, 11) is 1.55. The third-order valence-corrected chi connectivity index (χ3v) is 6.09. The lowest BCUT2D eigenvalue weighted by Gasteiger charge is -2.32. The number of nitrogens with zero attached hydrogens (tertiary/aromatic N) is 2. The molecule has 32 heavy (non-hydrogen) atoms. The Hall–Kier alpha value is -3.38. The highest BCUT2D eigenvalue weighted by Gasteiger charge is 2.34. The molecular formula is C25H24ClN3O3. The zero-order valence-electron chi connectivity index (χ0n) is 18.0. The van der Waals surface area contributed by atoms with Crippen LogP contribution in [0.3, 0.4) is 0 Å². The number of benzene rings is 3. The van der Waals surface area contributed by atoms with Gasteiger partial charge in [-0.3, -0.25) is 19.3 Å². The Labute approximate surface area is 191 Å². The van der Waals surface area contributed by atoms with Crippen molar-refractivity contribution in [3.8, 4) is 0 Å². The number of carbonyl (C=O) groups excluding carboxylic acids is 3. The van der Waals surface area contributed by atoms with Gasteiger partial charge in [-0.15, -0.1) is 0 Å². The first-order valence-corrected chi connectivity index (χ1v) is 10.9. The number of hydrogen-bond acceptors (Lipinski definition) is 3. The number of carbonyl (C=O) groups is 3. The van der Waals surface area contributed by atoms with Gasteiger partial charge >= 0.3 is 0 Å². The van der Waals surface area contributed by atoms with Gasteiger partial charge in [0, 0.05) is 29.6 Å². The maximum atomic E-state index is 13.5. The Balaban J connectivity index is 1.65. The van der Waals surface area contributed by atoms with E-state index >= 15 is 0 Å². The Morgan fingerprint density at radius 2 is 1.75 bits per heavy atom. The van der Waals surface area contributed by atoms with E-state index < -0.39 is 6.04 Å². The van der Waals surface area contributed by atoms with Crippen LogP contribution in [0.5, 0.6) is 0 Å². The third-order valence-electron chi connectivity index (χ3n) is 5.84. The minimum atomic E-state index is -0.654. The van der Waals surface area contributed by atoms with E-state index in [-0.39, 0.29) is 30.8 Å². The molecule has 4 rings (SSSR count). The van der Waals surface area contributed by atoms with Crippen molar-refractivity contribution in [3.05, 3.63) is 76.8 Å². The lowest BCUT2D eigenvalue weighted by molar-refractivity contribution is -0.140. The molecule has 6 nitrogen and oxygen atoms in total. The summed E-state index contributed by atoms with van der Waals surface area (Å²) in [5, 5.41) is 5.05. The van der Waals surface area contributed by atoms with E-state index in [1.165, 1.54) is 4.90 Å². The normalized spacial score (nSPS) is 13.3. The van der Waals surface area contributed by atoms with Crippen molar-refractivity contribution in [2.75, 3.05) is 18.5 Å². The molecule has 7 heteroatoms. The number of hydrogen-bond donors (Lipinski definition) is 1. The molecule has 0 saturated carbocycles. The molecule has 0 bridgehead atoms. The topological polar surface area (TPSA) is 69.7 Å². The SMILES string of the molecule is CCC(C(=O)NC)N(Cc1ccc(Cl)cc1)C(=O)CN1C(=O)c2cccc3cccc1c23. The van der Waals surface area contributed by atoms with Gasteiger partial charge in [-0.2, -0.15) is 0 Å². The maximum Gasteiger partial charge on any atom is 0.259 e. The molecule has 3 aromatic rings. The highest BCUT2D eigenvalue weighted by Crippen LogP contribution is 2.37. The highest BCUT2D eigenvalue weighted by atomic mass is 35.5. The van der Waals surface area contributed by atoms with Crippen LogP contribution >= 0.6 is 11.6 Å². The van der Waals surface area contributed by atoms with Gasteiger partial charge in [0.2, 0.25) is 11.8 Å². The van der Waals surface area contributed by atoms with Crippen LogP contribution in [0, 0.1) is 0 Å². The first-order valence-electron chi connectivity index (χ1n) is 10.5. The van der Waals surface area contributed by atoms with Gasteiger partial charge in [0.15, 0.2) is 0 Å². The predicted molar refractivity (Wildman–Crippen MR) is 126 cm³/mol. The summed E-state index contributed by atoms with van der Waals surface area (Å²) in [5.74, 6) is -0.744. The van der Waals surface area contributed by atoms with Gasteiger partial charge in [0.1, 0.15) is 12.6 Å². The number of anilines is 1. The van der Waals surface area contributed by atoms with E-state index in [1.54, 1.807) is 30.1 Å². The minimum absolute atomic E-state index is 0.145. The van der Waals surface area contributed by atoms with Crippen LogP contribution in [0.25, 0.3) is 10.8 Å². The van der Waals surface area contributed by atoms with Crippen molar-refractivity contribution in [3.63, 3.8) is 0 Å². The molecule has 0 fully saturated rings. The number of likely N-dealkylation sites (N-methyl/N-ethyl adjacent to an activating group) is 1. The molecule has 3 amide bonds. The molecule has 1 heterocycles. The van der Waals surface area contributed by atoms with Gasteiger partial charge in [-0.1, -0.05) is 54.9 Å². The Bertz CT molecular complexity index is 1190. The molecule has 1 aliphatic heterocycles. The van der Waals surface area contributed by atoms with E-state index in [2.05, 4.69) is 5.32 Å². The molecule has 0 aliphatic carbocycles. The van der Waals surface area contributed by atoms with Crippen molar-refractivity contribution in [1.29, 1.82) is 0 Å². The van der Waals surface area contributed by atoms with Crippen LogP contribution in [-0.4, -0.2) is 42.3 Å². The van der Waals surface area contributed by atoms with E-state index in [0.717, 1.165) is 22.0 Å². The van der Waals surface area contributed by atoms with Crippen LogP contribution in [0.1, 0.15) is 29.3 Å². The maximum absolute atomic E-state index is 13.5. The average molecular weight is 450 g/mol. The Kier molecular flexibility index (Phi) is 6.15. The summed E-state index contributed by atoms with van der Waals surface area (Å²) >= 11 is 6.00. The van der Waals surface area contributed by atoms with Crippen molar-refractivity contribution in [2.24, 2.45) is 0 Å². The van der Waals surface area contributed by atoms with Crippen molar-refractivity contribution in [1.82, 2.24) is 10.2 Å². The molecule has 1 N–H and O–H groups in total. The second-order valence-corrected chi connectivity index (χ2v) is 8.19. The molecule has 1 unspecified atom stereocenters. The van der Waals surface area contributed by atoms with E-state index in [4.69, 9.17) is 11.6 Å². The number of rotatable bonds is 7. The lowest BCUT2D eigenvalue weighted by Crippen LogP contribution is -2.51. The number of halogens is 1. The Morgan fingerprint density at radius 3 is 2.41 bits per heavy atom. The van der Waals surface area contributed by atoms with Crippen LogP contribution in [-0.2, 0) is 16.1 Å². The minimum Gasteiger partial charge on any atom is -0.357 e. The second-order valence-electron chi connectivity index (χ2n) is 7.76. The standard InChI is InChI=1S/C25H24ClN3O3/c1-3-20(24(31)27-2)28(14-16-10-12-18(26)13-11-16)22(30)15-29-21-9-5-7-17-6-4-8-19(23(17)21)25(29)32/h4-13,20H,3,14-15H2,1-2H3,(H,27,31). The monoisotopic (exact) mass is 449 g/mol. The Morgan fingerprint density at radius 1 is 1.06 bits per heavy atom. The van der Waals surface area contributed by atoms with E-state index in [0.29, 0.717) is 17.0 Å². The summed E-state index contributed by atoms with van der Waals surface area (Å²) in [4.78, 5) is 42.3. The second kappa shape index (κ2) is 9.01. The van der Waals surface area contributed by atoms with Crippen LogP contribution in [0.2, 0.25) is 5.02 Å². The highest BCUT2D eigenvalue weighted by molar-refractivity contribution is 6.30. The van der Waals surface area contributed by atoms with Gasteiger partial charge in [-0.05, 0) is 41.6 Å². The summed E-state index contributed by atoms with van der Waals surface area (Å²) < 4.78 is 0. The van der Waals surface area contributed by atoms with Gasteiger partial charge in [-0.25, -0.2) is 0 Å². The summed E-state index contributed by atoms with van der Waals surface area (Å²) in [6, 6.07) is 17.8. The fraction of sp³-hybridized carbons (Fsp3) is 0.240. The first kappa shape index (κ1) is 21.8. The van der Waals surface area contributed by atoms with E-state index in [9.17, 15) is 14.4 Å². The van der Waals surface area contributed by atoms with E-state index in [1.807, 2.05) is 49.4 Å². The summed E-state index contributed by atoms with van der Waals surface area (Å²) in [5.41, 5.74) is 2.16. The predicted octanol–water partition coefficient (Wildman–Crippen LogP) is 4.01. The summed E-state index contributed by atoms with van der Waals surface area (Å²) in [6.07, 6.45) is 0.447. The van der Waals surface area contributed by atoms with Crippen LogP contribution in [0.4, 0.5) is 5.69 Å². The molecule has 1 aliphatic rings. The van der Waals surface area contributed by atoms with Gasteiger partial charge in [0.05, 0.1) is 5.69 Å². The van der Waals surface area contributed by atoms with Gasteiger partial charge in [0.25, 0.3) is 5.91 Å². The molecule has 1 atom stereocenters. The quantitative estimate of drug-likeness (QED) is 0.592. The van der Waals surface area contributed by atoms with Crippen molar-refractivity contribution in [2.45, 2.75) is 25.9 Å². The smallest absolute Gasteiger partial charge is 0.259 e. The number of amides is 3. The third kappa shape index (κ3) is 3.94. The largest absolute Gasteiger partial charge is 0.357 e. The fourth-order valence-corrected chi connectivity index (χ4v) is 4.36. The molecule has 0 radical (unpaired) electrons. The molecule has 164 valence electrons. The molecule has 0 aromatic heterocycles. The zero-order chi connectivity index (χ0) is 22.8. The molecule has 0 spiro atoms. The van der Waals surface area contributed by atoms with Crippen LogP contribution < -0.4 is 10.2 Å².